The van der Waals surface area contributed by atoms with Gasteiger partial charge >= 0.3 is 0 Å². The summed E-state index contributed by atoms with van der Waals surface area (Å²) in [5.41, 5.74) is 0. The average Bonchev–Trinajstić information content (AvgIpc) is 3.17. The molecule has 2 N–H and O–H groups in total. The van der Waals surface area contributed by atoms with Gasteiger partial charge in [-0.1, -0.05) is 18.2 Å². The first-order valence-corrected chi connectivity index (χ1v) is 10.7. The van der Waals surface area contributed by atoms with Crippen LogP contribution in [0.25, 0.3) is 0 Å². The Morgan fingerprint density at radius 1 is 1.26 bits per heavy atom. The molecular weight excluding hydrogens is 481 g/mol. The van der Waals surface area contributed by atoms with Crippen molar-refractivity contribution in [3.8, 4) is 0 Å². The Balaban J connectivity index is 0.00000364. The maximum Gasteiger partial charge on any atom is 0.191 e. The summed E-state index contributed by atoms with van der Waals surface area (Å²) in [6.07, 6.45) is 3.30. The van der Waals surface area contributed by atoms with Gasteiger partial charge in [0.1, 0.15) is 0 Å². The SMILES string of the molecule is CN=C(NCCCOCC1CCCO1)NCCS(=O)(=O)c1ccccc1.I. The van der Waals surface area contributed by atoms with E-state index in [-0.39, 0.29) is 35.8 Å². The maximum absolute atomic E-state index is 12.2. The van der Waals surface area contributed by atoms with E-state index < -0.39 is 9.84 Å². The topological polar surface area (TPSA) is 89.0 Å². The highest BCUT2D eigenvalue weighted by Gasteiger charge is 2.15. The number of halogens is 1. The number of nitrogens with one attached hydrogen (secondary N) is 2. The van der Waals surface area contributed by atoms with Crippen molar-refractivity contribution >= 4 is 39.8 Å². The molecule has 0 aliphatic carbocycles. The van der Waals surface area contributed by atoms with E-state index in [9.17, 15) is 8.42 Å². The van der Waals surface area contributed by atoms with E-state index in [0.717, 1.165) is 25.9 Å². The van der Waals surface area contributed by atoms with Crippen LogP contribution >= 0.6 is 24.0 Å². The first-order valence-electron chi connectivity index (χ1n) is 9.03. The normalized spacial score (nSPS) is 17.4. The fourth-order valence-electron chi connectivity index (χ4n) is 2.64. The van der Waals surface area contributed by atoms with Gasteiger partial charge in [-0.2, -0.15) is 0 Å². The molecule has 27 heavy (non-hydrogen) atoms. The molecule has 0 aromatic heterocycles. The van der Waals surface area contributed by atoms with Gasteiger partial charge in [0.05, 0.1) is 23.4 Å². The van der Waals surface area contributed by atoms with Crippen LogP contribution in [0.1, 0.15) is 19.3 Å². The molecular formula is C18H30IN3O4S. The molecule has 1 aromatic carbocycles. The number of ether oxygens (including phenoxy) is 2. The lowest BCUT2D eigenvalue weighted by molar-refractivity contribution is 0.0168. The lowest BCUT2D eigenvalue weighted by atomic mass is 10.2. The predicted octanol–water partition coefficient (Wildman–Crippen LogP) is 1.83. The quantitative estimate of drug-likeness (QED) is 0.216. The summed E-state index contributed by atoms with van der Waals surface area (Å²) >= 11 is 0. The van der Waals surface area contributed by atoms with Crippen LogP contribution < -0.4 is 10.6 Å². The monoisotopic (exact) mass is 511 g/mol. The van der Waals surface area contributed by atoms with Gasteiger partial charge in [0.25, 0.3) is 0 Å². The van der Waals surface area contributed by atoms with E-state index in [1.54, 1.807) is 37.4 Å². The molecule has 0 spiro atoms. The zero-order valence-electron chi connectivity index (χ0n) is 15.7. The second kappa shape index (κ2) is 13.3. The van der Waals surface area contributed by atoms with Crippen LogP contribution in [0.15, 0.2) is 40.2 Å². The van der Waals surface area contributed by atoms with E-state index in [1.807, 2.05) is 0 Å². The Labute approximate surface area is 179 Å². The maximum atomic E-state index is 12.2. The Kier molecular flexibility index (Phi) is 11.9. The molecule has 9 heteroatoms. The number of guanidine groups is 1. The average molecular weight is 511 g/mol. The number of hydrogen-bond donors (Lipinski definition) is 2. The van der Waals surface area contributed by atoms with Gasteiger partial charge in [0.15, 0.2) is 15.8 Å². The third-order valence-corrected chi connectivity index (χ3v) is 5.81. The van der Waals surface area contributed by atoms with Crippen molar-refractivity contribution in [2.75, 3.05) is 45.7 Å². The Morgan fingerprint density at radius 3 is 2.67 bits per heavy atom. The summed E-state index contributed by atoms with van der Waals surface area (Å²) in [4.78, 5) is 4.44. The molecule has 1 heterocycles. The summed E-state index contributed by atoms with van der Waals surface area (Å²) in [5, 5.41) is 6.19. The van der Waals surface area contributed by atoms with Crippen LogP contribution in [0.5, 0.6) is 0 Å². The largest absolute Gasteiger partial charge is 0.379 e. The summed E-state index contributed by atoms with van der Waals surface area (Å²) < 4.78 is 35.5. The smallest absolute Gasteiger partial charge is 0.191 e. The van der Waals surface area contributed by atoms with Crippen molar-refractivity contribution in [1.82, 2.24) is 10.6 Å². The molecule has 154 valence electrons. The Bertz CT molecular complexity index is 650. The van der Waals surface area contributed by atoms with E-state index in [2.05, 4.69) is 15.6 Å². The van der Waals surface area contributed by atoms with Crippen LogP contribution in [0.3, 0.4) is 0 Å². The van der Waals surface area contributed by atoms with Crippen LogP contribution in [0.4, 0.5) is 0 Å². The molecule has 1 aliphatic rings. The van der Waals surface area contributed by atoms with E-state index in [1.165, 1.54) is 0 Å². The standard InChI is InChI=1S/C18H29N3O4S.HI/c1-19-18(20-10-6-12-24-15-16-7-5-13-25-16)21-11-14-26(22,23)17-8-3-2-4-9-17;/h2-4,8-9,16H,5-7,10-15H2,1H3,(H2,19,20,21);1H. The number of aliphatic imine (C=N–C) groups is 1. The molecule has 0 bridgehead atoms. The van der Waals surface area contributed by atoms with Gasteiger partial charge in [-0.15, -0.1) is 24.0 Å². The summed E-state index contributed by atoms with van der Waals surface area (Å²) in [6.45, 7) is 3.16. The number of hydrogen-bond acceptors (Lipinski definition) is 5. The molecule has 1 saturated heterocycles. The third kappa shape index (κ3) is 9.22. The highest BCUT2D eigenvalue weighted by Crippen LogP contribution is 2.12. The van der Waals surface area contributed by atoms with Crippen LogP contribution in [-0.2, 0) is 19.3 Å². The van der Waals surface area contributed by atoms with Gasteiger partial charge in [-0.3, -0.25) is 4.99 Å². The third-order valence-electron chi connectivity index (χ3n) is 4.07. The molecule has 0 radical (unpaired) electrons. The van der Waals surface area contributed by atoms with E-state index >= 15 is 0 Å². The van der Waals surface area contributed by atoms with Gasteiger partial charge in [0.2, 0.25) is 0 Å². The number of rotatable bonds is 10. The number of sulfone groups is 1. The summed E-state index contributed by atoms with van der Waals surface area (Å²) in [7, 11) is -1.62. The molecule has 0 saturated carbocycles. The minimum Gasteiger partial charge on any atom is -0.379 e. The van der Waals surface area contributed by atoms with Crippen molar-refractivity contribution in [3.63, 3.8) is 0 Å². The van der Waals surface area contributed by atoms with Crippen molar-refractivity contribution in [2.24, 2.45) is 4.99 Å². The molecule has 7 nitrogen and oxygen atoms in total. The van der Waals surface area contributed by atoms with Crippen molar-refractivity contribution in [2.45, 2.75) is 30.3 Å². The first-order chi connectivity index (χ1) is 12.6. The first kappa shape index (κ1) is 24.1. The van der Waals surface area contributed by atoms with Crippen LogP contribution in [0.2, 0.25) is 0 Å². The van der Waals surface area contributed by atoms with Gasteiger partial charge in [-0.25, -0.2) is 8.42 Å². The molecule has 1 aromatic rings. The lowest BCUT2D eigenvalue weighted by Gasteiger charge is -2.13. The molecule has 2 rings (SSSR count). The second-order valence-corrected chi connectivity index (χ2v) is 8.23. The minimum atomic E-state index is -3.28. The van der Waals surface area contributed by atoms with Gasteiger partial charge in [0, 0.05) is 33.4 Å². The molecule has 1 atom stereocenters. The highest BCUT2D eigenvalue weighted by molar-refractivity contribution is 14.0. The predicted molar refractivity (Wildman–Crippen MR) is 118 cm³/mol. The van der Waals surface area contributed by atoms with Gasteiger partial charge < -0.3 is 20.1 Å². The summed E-state index contributed by atoms with van der Waals surface area (Å²) in [5.74, 6) is 0.606. The Hall–Kier alpha value is -0.910. The minimum absolute atomic E-state index is 0. The van der Waals surface area contributed by atoms with Crippen LogP contribution in [0, 0.1) is 0 Å². The van der Waals surface area contributed by atoms with Crippen molar-refractivity contribution < 1.29 is 17.9 Å². The molecule has 1 unspecified atom stereocenters. The van der Waals surface area contributed by atoms with Gasteiger partial charge in [-0.05, 0) is 31.4 Å². The summed E-state index contributed by atoms with van der Waals surface area (Å²) in [6, 6.07) is 8.47. The fraction of sp³-hybridized carbons (Fsp3) is 0.611. The van der Waals surface area contributed by atoms with E-state index in [0.29, 0.717) is 37.2 Å². The number of benzene rings is 1. The lowest BCUT2D eigenvalue weighted by Crippen LogP contribution is -2.40. The molecule has 0 amide bonds. The van der Waals surface area contributed by atoms with Crippen molar-refractivity contribution in [3.05, 3.63) is 30.3 Å². The second-order valence-electron chi connectivity index (χ2n) is 6.12. The van der Waals surface area contributed by atoms with Crippen LogP contribution in [-0.4, -0.2) is 66.2 Å². The fourth-order valence-corrected chi connectivity index (χ4v) is 3.82. The zero-order chi connectivity index (χ0) is 18.7. The van der Waals surface area contributed by atoms with Crippen molar-refractivity contribution in [1.29, 1.82) is 0 Å². The highest BCUT2D eigenvalue weighted by atomic mass is 127. The molecule has 1 aliphatic heterocycles. The number of nitrogens with zero attached hydrogens (tertiary/aromatic N) is 1. The zero-order valence-corrected chi connectivity index (χ0v) is 18.9. The molecule has 1 fully saturated rings. The Morgan fingerprint density at radius 2 is 2.00 bits per heavy atom. The van der Waals surface area contributed by atoms with E-state index in [4.69, 9.17) is 9.47 Å².